The van der Waals surface area contributed by atoms with Crippen LogP contribution in [0.15, 0.2) is 36.5 Å². The highest BCUT2D eigenvalue weighted by molar-refractivity contribution is 5.87. The van der Waals surface area contributed by atoms with Crippen LogP contribution in [0.1, 0.15) is 15.9 Å². The fourth-order valence-electron chi connectivity index (χ4n) is 1.63. The molecule has 0 amide bonds. The Morgan fingerprint density at radius 2 is 1.85 bits per heavy atom. The lowest BCUT2D eigenvalue weighted by atomic mass is 10.1. The molecule has 0 aliphatic heterocycles. The predicted molar refractivity (Wildman–Crippen MR) is 61.6 cm³/mol. The van der Waals surface area contributed by atoms with Crippen LogP contribution < -0.4 is 0 Å². The van der Waals surface area contributed by atoms with Crippen molar-refractivity contribution in [2.75, 3.05) is 0 Å². The summed E-state index contributed by atoms with van der Waals surface area (Å²) in [4.78, 5) is 14.3. The zero-order valence-electron chi connectivity index (χ0n) is 9.78. The summed E-state index contributed by atoms with van der Waals surface area (Å²) < 4.78 is 51.6. The van der Waals surface area contributed by atoms with Gasteiger partial charge in [-0.3, -0.25) is 4.98 Å². The van der Waals surface area contributed by atoms with E-state index in [4.69, 9.17) is 5.11 Å². The summed E-state index contributed by atoms with van der Waals surface area (Å²) in [7, 11) is 0. The number of rotatable bonds is 2. The maximum atomic E-state index is 13.8. The molecule has 0 aliphatic rings. The zero-order valence-corrected chi connectivity index (χ0v) is 9.78. The van der Waals surface area contributed by atoms with Crippen LogP contribution in [-0.2, 0) is 6.18 Å². The van der Waals surface area contributed by atoms with E-state index >= 15 is 0 Å². The van der Waals surface area contributed by atoms with Crippen molar-refractivity contribution < 1.29 is 27.5 Å². The molecule has 0 saturated heterocycles. The number of aromatic carboxylic acids is 1. The van der Waals surface area contributed by atoms with Crippen molar-refractivity contribution in [3.63, 3.8) is 0 Å². The second-order valence-corrected chi connectivity index (χ2v) is 3.90. The molecule has 104 valence electrons. The van der Waals surface area contributed by atoms with Crippen molar-refractivity contribution in [3.05, 3.63) is 53.5 Å². The Hall–Kier alpha value is -2.44. The van der Waals surface area contributed by atoms with E-state index in [0.29, 0.717) is 6.07 Å². The van der Waals surface area contributed by atoms with Crippen LogP contribution >= 0.6 is 0 Å². The number of hydrogen-bond donors (Lipinski definition) is 1. The first-order valence-electron chi connectivity index (χ1n) is 5.36. The van der Waals surface area contributed by atoms with E-state index in [9.17, 15) is 22.4 Å². The largest absolute Gasteiger partial charge is 0.478 e. The van der Waals surface area contributed by atoms with Gasteiger partial charge in [0.1, 0.15) is 5.82 Å². The van der Waals surface area contributed by atoms with Crippen LogP contribution in [0.2, 0.25) is 0 Å². The number of pyridine rings is 1. The number of carbonyl (C=O) groups is 1. The second kappa shape index (κ2) is 4.92. The Morgan fingerprint density at radius 1 is 1.15 bits per heavy atom. The van der Waals surface area contributed by atoms with E-state index in [1.54, 1.807) is 0 Å². The number of alkyl halides is 3. The second-order valence-electron chi connectivity index (χ2n) is 3.90. The molecule has 1 aromatic carbocycles. The molecule has 20 heavy (non-hydrogen) atoms. The van der Waals surface area contributed by atoms with Gasteiger partial charge in [0.2, 0.25) is 0 Å². The van der Waals surface area contributed by atoms with Gasteiger partial charge in [0, 0.05) is 11.8 Å². The average Bonchev–Trinajstić information content (AvgIpc) is 2.37. The van der Waals surface area contributed by atoms with Gasteiger partial charge in [-0.15, -0.1) is 0 Å². The molecule has 0 radical (unpaired) electrons. The van der Waals surface area contributed by atoms with Crippen molar-refractivity contribution in [1.29, 1.82) is 0 Å². The number of carboxylic acids is 1. The molecule has 0 unspecified atom stereocenters. The SMILES string of the molecule is O=C(O)c1ccc(-c2cccc(C(F)(F)F)c2F)nc1. The maximum absolute atomic E-state index is 13.8. The third-order valence-electron chi connectivity index (χ3n) is 2.59. The molecule has 0 aliphatic carbocycles. The summed E-state index contributed by atoms with van der Waals surface area (Å²) in [5, 5.41) is 8.69. The molecule has 1 N–H and O–H groups in total. The van der Waals surface area contributed by atoms with Crippen LogP contribution in [-0.4, -0.2) is 16.1 Å². The number of nitrogens with zero attached hydrogens (tertiary/aromatic N) is 1. The number of halogens is 4. The van der Waals surface area contributed by atoms with E-state index in [-0.39, 0.29) is 16.8 Å². The molecule has 1 aromatic heterocycles. The molecule has 0 atom stereocenters. The van der Waals surface area contributed by atoms with Gasteiger partial charge in [-0.1, -0.05) is 6.07 Å². The molecule has 7 heteroatoms. The summed E-state index contributed by atoms with van der Waals surface area (Å²) >= 11 is 0. The Labute approximate surface area is 110 Å². The molecular weight excluding hydrogens is 278 g/mol. The smallest absolute Gasteiger partial charge is 0.419 e. The number of aromatic nitrogens is 1. The molecule has 0 spiro atoms. The summed E-state index contributed by atoms with van der Waals surface area (Å²) in [6.45, 7) is 0. The molecule has 0 fully saturated rings. The molecule has 2 rings (SSSR count). The maximum Gasteiger partial charge on any atom is 0.419 e. The van der Waals surface area contributed by atoms with Gasteiger partial charge < -0.3 is 5.11 Å². The normalized spacial score (nSPS) is 11.4. The van der Waals surface area contributed by atoms with Gasteiger partial charge in [-0.25, -0.2) is 9.18 Å². The lowest BCUT2D eigenvalue weighted by Gasteiger charge is -2.10. The van der Waals surface area contributed by atoms with Gasteiger partial charge in [0.05, 0.1) is 16.8 Å². The fraction of sp³-hybridized carbons (Fsp3) is 0.0769. The summed E-state index contributed by atoms with van der Waals surface area (Å²) in [5.41, 5.74) is -1.93. The molecule has 2 aromatic rings. The van der Waals surface area contributed by atoms with E-state index in [0.717, 1.165) is 30.5 Å². The first kappa shape index (κ1) is 14.0. The number of carboxylic acid groups (broad SMARTS) is 1. The highest BCUT2D eigenvalue weighted by atomic mass is 19.4. The van der Waals surface area contributed by atoms with Gasteiger partial charge in [-0.2, -0.15) is 13.2 Å². The summed E-state index contributed by atoms with van der Waals surface area (Å²) in [5.74, 6) is -2.66. The topological polar surface area (TPSA) is 50.2 Å². The Morgan fingerprint density at radius 3 is 2.35 bits per heavy atom. The van der Waals surface area contributed by atoms with E-state index in [2.05, 4.69) is 4.98 Å². The predicted octanol–water partition coefficient (Wildman–Crippen LogP) is 3.60. The van der Waals surface area contributed by atoms with Crippen molar-refractivity contribution in [3.8, 4) is 11.3 Å². The van der Waals surface area contributed by atoms with E-state index in [1.165, 1.54) is 0 Å². The van der Waals surface area contributed by atoms with E-state index < -0.39 is 23.5 Å². The minimum absolute atomic E-state index is 0.0707. The fourth-order valence-corrected chi connectivity index (χ4v) is 1.63. The zero-order chi connectivity index (χ0) is 14.9. The highest BCUT2D eigenvalue weighted by Gasteiger charge is 2.35. The first-order valence-corrected chi connectivity index (χ1v) is 5.36. The number of benzene rings is 1. The van der Waals surface area contributed by atoms with E-state index in [1.807, 2.05) is 0 Å². The van der Waals surface area contributed by atoms with Gasteiger partial charge in [-0.05, 0) is 24.3 Å². The van der Waals surface area contributed by atoms with Crippen LogP contribution in [0.25, 0.3) is 11.3 Å². The average molecular weight is 285 g/mol. The summed E-state index contributed by atoms with van der Waals surface area (Å²) in [6, 6.07) is 5.14. The van der Waals surface area contributed by atoms with Crippen LogP contribution in [0.5, 0.6) is 0 Å². The molecule has 0 bridgehead atoms. The lowest BCUT2D eigenvalue weighted by Crippen LogP contribution is -2.09. The summed E-state index contributed by atoms with van der Waals surface area (Å²) in [6.07, 6.45) is -3.85. The monoisotopic (exact) mass is 285 g/mol. The third kappa shape index (κ3) is 2.61. The quantitative estimate of drug-likeness (QED) is 0.858. The lowest BCUT2D eigenvalue weighted by molar-refractivity contribution is -0.139. The Kier molecular flexibility index (Phi) is 3.44. The highest BCUT2D eigenvalue weighted by Crippen LogP contribution is 2.34. The van der Waals surface area contributed by atoms with Gasteiger partial charge in [0.15, 0.2) is 0 Å². The minimum atomic E-state index is -4.80. The molecule has 1 heterocycles. The van der Waals surface area contributed by atoms with Crippen LogP contribution in [0.3, 0.4) is 0 Å². The Bertz CT molecular complexity index is 650. The van der Waals surface area contributed by atoms with Crippen molar-refractivity contribution in [2.24, 2.45) is 0 Å². The van der Waals surface area contributed by atoms with Crippen LogP contribution in [0, 0.1) is 5.82 Å². The van der Waals surface area contributed by atoms with Gasteiger partial charge >= 0.3 is 12.1 Å². The molecule has 0 saturated carbocycles. The van der Waals surface area contributed by atoms with Crippen molar-refractivity contribution >= 4 is 5.97 Å². The molecular formula is C13H7F4NO2. The van der Waals surface area contributed by atoms with Crippen molar-refractivity contribution in [1.82, 2.24) is 4.98 Å². The van der Waals surface area contributed by atoms with Gasteiger partial charge in [0.25, 0.3) is 0 Å². The van der Waals surface area contributed by atoms with Crippen molar-refractivity contribution in [2.45, 2.75) is 6.18 Å². The third-order valence-corrected chi connectivity index (χ3v) is 2.59. The standard InChI is InChI=1S/C13H7F4NO2/c14-11-8(2-1-3-9(11)13(15,16)17)10-5-4-7(6-18-10)12(19)20/h1-6H,(H,19,20). The van der Waals surface area contributed by atoms with Crippen LogP contribution in [0.4, 0.5) is 17.6 Å². The first-order chi connectivity index (χ1) is 9.30. The Balaban J connectivity index is 2.51. The minimum Gasteiger partial charge on any atom is -0.478 e. The number of hydrogen-bond acceptors (Lipinski definition) is 2. The molecule has 3 nitrogen and oxygen atoms in total.